The van der Waals surface area contributed by atoms with E-state index >= 15 is 0 Å². The van der Waals surface area contributed by atoms with Crippen molar-refractivity contribution in [1.29, 1.82) is 0 Å². The van der Waals surface area contributed by atoms with Crippen LogP contribution in [-0.2, 0) is 33.1 Å². The number of nitrogens with zero attached hydrogens (tertiary/aromatic N) is 4. The Labute approximate surface area is 290 Å². The number of aliphatic carboxylic acids is 2. The largest absolute Gasteiger partial charge is 4.00 e. The summed E-state index contributed by atoms with van der Waals surface area (Å²) in [4.78, 5) is 38.4. The maximum Gasteiger partial charge on any atom is 4.00 e. The van der Waals surface area contributed by atoms with Gasteiger partial charge in [0.2, 0.25) is 0 Å². The van der Waals surface area contributed by atoms with Gasteiger partial charge in [-0.05, 0) is 71.6 Å². The van der Waals surface area contributed by atoms with Gasteiger partial charge < -0.3 is 36.2 Å². The molecule has 0 aliphatic carbocycles. The second-order valence-electron chi connectivity index (χ2n) is 12.0. The van der Waals surface area contributed by atoms with Gasteiger partial charge in [0.15, 0.2) is 0 Å². The standard InChI is InChI=1S/C34H39N5O4S2.Fe/c1-14-20(7-9-28(40)41)33-32(35)34-21(8-10-29(42)43)15(2)23(39-34)12-26-31(19(6)45)17(4)25(37-26)13-27-30(18(5)44)16(3)24(36-27)11-22(14)38-33;/h11-13,18-19,32-33,44-45H,7-10,35H2,1-6H3,(H,40,41)(H,42,43);/q-4;+4/b22-11-,25-13-,26-12-;/t18-,19-,32-,33?;/m0./s1. The third kappa shape index (κ3) is 6.69. The zero-order valence-corrected chi connectivity index (χ0v) is 29.6. The molecule has 0 amide bonds. The van der Waals surface area contributed by atoms with Gasteiger partial charge in [-0.15, -0.1) is 39.2 Å². The van der Waals surface area contributed by atoms with Gasteiger partial charge in [0.1, 0.15) is 0 Å². The van der Waals surface area contributed by atoms with Gasteiger partial charge in [-0.25, -0.2) is 0 Å². The van der Waals surface area contributed by atoms with Crippen molar-refractivity contribution < 1.29 is 36.9 Å². The van der Waals surface area contributed by atoms with Crippen LogP contribution in [-0.4, -0.2) is 28.2 Å². The van der Waals surface area contributed by atoms with Gasteiger partial charge in [-0.1, -0.05) is 57.7 Å². The number of hydrogen-bond donors (Lipinski definition) is 5. The van der Waals surface area contributed by atoms with Crippen molar-refractivity contribution in [2.24, 2.45) is 5.73 Å². The molecule has 0 fully saturated rings. The summed E-state index contributed by atoms with van der Waals surface area (Å²) in [5.74, 6) is -1.83. The van der Waals surface area contributed by atoms with E-state index in [0.717, 1.165) is 66.6 Å². The van der Waals surface area contributed by atoms with Crippen molar-refractivity contribution in [3.8, 4) is 0 Å². The predicted octanol–water partition coefficient (Wildman–Crippen LogP) is 4.43. The van der Waals surface area contributed by atoms with Gasteiger partial charge in [-0.3, -0.25) is 9.59 Å². The Bertz CT molecular complexity index is 1880. The zero-order valence-electron chi connectivity index (χ0n) is 26.7. The van der Waals surface area contributed by atoms with E-state index in [9.17, 15) is 19.8 Å². The number of nitrogens with two attached hydrogens (primary N) is 1. The molecule has 5 heterocycles. The van der Waals surface area contributed by atoms with Crippen LogP contribution in [0.5, 0.6) is 0 Å². The first-order chi connectivity index (χ1) is 21.2. The Morgan fingerprint density at radius 3 is 2.00 bits per heavy atom. The average Bonchev–Trinajstić information content (AvgIpc) is 3.63. The second kappa shape index (κ2) is 14.0. The molecule has 9 nitrogen and oxygen atoms in total. The molecule has 4 atom stereocenters. The monoisotopic (exact) mass is 701 g/mol. The summed E-state index contributed by atoms with van der Waals surface area (Å²) in [6.07, 6.45) is 6.23. The molecule has 4 N–H and O–H groups in total. The first-order valence-corrected chi connectivity index (χ1v) is 16.1. The van der Waals surface area contributed by atoms with Crippen LogP contribution in [0.3, 0.4) is 0 Å². The smallest absolute Gasteiger partial charge is 0.677 e. The molecule has 2 aliphatic heterocycles. The van der Waals surface area contributed by atoms with Gasteiger partial charge >= 0.3 is 29.0 Å². The minimum Gasteiger partial charge on any atom is -0.677 e. The van der Waals surface area contributed by atoms with Crippen LogP contribution < -0.4 is 31.4 Å². The zero-order chi connectivity index (χ0) is 32.9. The SMILES string of the molecule is CC1=C(CCC(=O)O)C2[N-]/C1=C\c1[n-]c(c([C@H](C)S)c1C)/C=c1\[n-]/c(c([C@H](C)S)c1C)=C\c1[n-]c(c(CCC(=O)O)c1C)[C@H]2N.[Fe+4]. The third-order valence-electron chi connectivity index (χ3n) is 9.01. The number of aromatic nitrogens is 3. The normalized spacial score (nSPS) is 21.2. The van der Waals surface area contributed by atoms with Crippen molar-refractivity contribution in [3.63, 3.8) is 0 Å². The number of carboxylic acid groups (broad SMARTS) is 2. The molecular formula is C34H39FeN5O4S2. The molecule has 0 aromatic carbocycles. The van der Waals surface area contributed by atoms with Crippen LogP contribution in [0.4, 0.5) is 0 Å². The summed E-state index contributed by atoms with van der Waals surface area (Å²) in [5, 5.41) is 25.4. The molecule has 5 rings (SSSR count). The molecule has 0 spiro atoms. The summed E-state index contributed by atoms with van der Waals surface area (Å²) in [7, 11) is 0. The van der Waals surface area contributed by atoms with Gasteiger partial charge in [0.25, 0.3) is 0 Å². The molecule has 1 unspecified atom stereocenters. The number of fused-ring (bicyclic) bond motifs is 8. The Morgan fingerprint density at radius 2 is 1.39 bits per heavy atom. The summed E-state index contributed by atoms with van der Waals surface area (Å²) < 4.78 is 0. The summed E-state index contributed by atoms with van der Waals surface area (Å²) in [5.41, 5.74) is 17.7. The van der Waals surface area contributed by atoms with E-state index in [1.807, 2.05) is 59.8 Å². The van der Waals surface area contributed by atoms with Crippen LogP contribution in [0, 0.1) is 20.8 Å². The molecule has 8 bridgehead atoms. The molecule has 2 aliphatic rings. The summed E-state index contributed by atoms with van der Waals surface area (Å²) in [6.45, 7) is 11.9. The van der Waals surface area contributed by atoms with Crippen LogP contribution in [0.2, 0.25) is 0 Å². The van der Waals surface area contributed by atoms with E-state index in [4.69, 9.17) is 51.3 Å². The van der Waals surface area contributed by atoms with E-state index in [1.54, 1.807) is 0 Å². The molecule has 0 radical (unpaired) electrons. The fourth-order valence-electron chi connectivity index (χ4n) is 6.62. The molecule has 244 valence electrons. The number of hydrogen-bond acceptors (Lipinski definition) is 5. The molecule has 12 heteroatoms. The summed E-state index contributed by atoms with van der Waals surface area (Å²) >= 11 is 9.59. The van der Waals surface area contributed by atoms with Crippen molar-refractivity contribution in [2.75, 3.05) is 0 Å². The quantitative estimate of drug-likeness (QED) is 0.171. The van der Waals surface area contributed by atoms with Crippen LogP contribution >= 0.6 is 25.3 Å². The van der Waals surface area contributed by atoms with Crippen LogP contribution in [0.15, 0.2) is 16.8 Å². The number of thiol groups is 2. The molecule has 46 heavy (non-hydrogen) atoms. The number of carbonyl (C=O) groups is 2. The first kappa shape index (κ1) is 35.8. The Balaban J connectivity index is 0.00000480. The third-order valence-corrected chi connectivity index (χ3v) is 9.52. The number of rotatable bonds is 8. The van der Waals surface area contributed by atoms with Gasteiger partial charge in [0.05, 0.1) is 0 Å². The van der Waals surface area contributed by atoms with E-state index < -0.39 is 24.0 Å². The van der Waals surface area contributed by atoms with Crippen molar-refractivity contribution in [3.05, 3.63) is 89.0 Å². The molecule has 3 aromatic heterocycles. The fraction of sp³-hybridized carbons (Fsp3) is 0.412. The van der Waals surface area contributed by atoms with E-state index in [2.05, 4.69) is 0 Å². The Hall–Kier alpha value is -3.02. The predicted molar refractivity (Wildman–Crippen MR) is 182 cm³/mol. The fourth-order valence-corrected chi connectivity index (χ4v) is 7.28. The van der Waals surface area contributed by atoms with Crippen molar-refractivity contribution >= 4 is 55.4 Å². The minimum absolute atomic E-state index is 0. The summed E-state index contributed by atoms with van der Waals surface area (Å²) in [6, 6.07) is -1.30. The first-order valence-electron chi connectivity index (χ1n) is 15.1. The van der Waals surface area contributed by atoms with Crippen molar-refractivity contribution in [1.82, 2.24) is 15.0 Å². The van der Waals surface area contributed by atoms with Crippen LogP contribution in [0.25, 0.3) is 23.5 Å². The molecule has 0 saturated heterocycles. The van der Waals surface area contributed by atoms with E-state index in [1.165, 1.54) is 0 Å². The van der Waals surface area contributed by atoms with Gasteiger partial charge in [-0.2, -0.15) is 25.3 Å². The number of carboxylic acids is 2. The molecule has 3 aromatic rings. The second-order valence-corrected chi connectivity index (χ2v) is 13.6. The maximum absolute atomic E-state index is 11.6. The molecular weight excluding hydrogens is 662 g/mol. The Kier molecular flexibility index (Phi) is 10.9. The van der Waals surface area contributed by atoms with Crippen LogP contribution in [0.1, 0.15) is 113 Å². The van der Waals surface area contributed by atoms with E-state index in [0.29, 0.717) is 17.1 Å². The number of allylic oxidation sites excluding steroid dienone is 1. The van der Waals surface area contributed by atoms with E-state index in [-0.39, 0.29) is 53.3 Å². The maximum atomic E-state index is 11.6. The van der Waals surface area contributed by atoms with Crippen molar-refractivity contribution in [2.45, 2.75) is 89.8 Å². The minimum atomic E-state index is -0.918. The topological polar surface area (TPSA) is 157 Å². The van der Waals surface area contributed by atoms with Gasteiger partial charge in [0, 0.05) is 23.3 Å². The Morgan fingerprint density at radius 1 is 0.804 bits per heavy atom. The molecule has 0 saturated carbocycles. The average molecular weight is 702 g/mol.